The third-order valence-corrected chi connectivity index (χ3v) is 3.43. The average molecular weight is 266 g/mol. The second-order valence-electron chi connectivity index (χ2n) is 5.04. The van der Waals surface area contributed by atoms with Crippen LogP contribution in [0.15, 0.2) is 4.52 Å². The summed E-state index contributed by atoms with van der Waals surface area (Å²) < 4.78 is 4.76. The minimum absolute atomic E-state index is 0.104. The third kappa shape index (κ3) is 4.63. The smallest absolute Gasteiger partial charge is 0.292 e. The second kappa shape index (κ2) is 7.23. The van der Waals surface area contributed by atoms with Gasteiger partial charge in [0, 0.05) is 26.1 Å². The SMILES string of the molecule is Cc1nc(C(=O)NCCNC2CCCCCC2)no1. The fourth-order valence-corrected chi connectivity index (χ4v) is 2.41. The molecule has 6 nitrogen and oxygen atoms in total. The molecule has 19 heavy (non-hydrogen) atoms. The van der Waals surface area contributed by atoms with Crippen molar-refractivity contribution in [1.29, 1.82) is 0 Å². The Bertz CT molecular complexity index is 397. The maximum absolute atomic E-state index is 11.6. The van der Waals surface area contributed by atoms with E-state index in [0.717, 1.165) is 6.54 Å². The Morgan fingerprint density at radius 1 is 1.26 bits per heavy atom. The van der Waals surface area contributed by atoms with E-state index in [1.54, 1.807) is 6.92 Å². The number of nitrogens with one attached hydrogen (secondary N) is 2. The molecule has 0 aliphatic heterocycles. The molecule has 1 aromatic heterocycles. The number of carbonyl (C=O) groups is 1. The van der Waals surface area contributed by atoms with E-state index in [2.05, 4.69) is 20.8 Å². The predicted octanol–water partition coefficient (Wildman–Crippen LogP) is 1.42. The predicted molar refractivity (Wildman–Crippen MR) is 70.9 cm³/mol. The van der Waals surface area contributed by atoms with Gasteiger partial charge in [0.1, 0.15) is 0 Å². The molecule has 0 radical (unpaired) electrons. The minimum Gasteiger partial charge on any atom is -0.348 e. The summed E-state index contributed by atoms with van der Waals surface area (Å²) in [6, 6.07) is 0.604. The monoisotopic (exact) mass is 266 g/mol. The Balaban J connectivity index is 1.62. The van der Waals surface area contributed by atoms with Crippen LogP contribution in [0.1, 0.15) is 55.0 Å². The van der Waals surface area contributed by atoms with Gasteiger partial charge in [0.15, 0.2) is 0 Å². The molecular weight excluding hydrogens is 244 g/mol. The highest BCUT2D eigenvalue weighted by molar-refractivity contribution is 5.90. The quantitative estimate of drug-likeness (QED) is 0.622. The minimum atomic E-state index is -0.278. The zero-order valence-corrected chi connectivity index (χ0v) is 11.4. The molecule has 0 saturated heterocycles. The van der Waals surface area contributed by atoms with Crippen molar-refractivity contribution in [2.24, 2.45) is 0 Å². The van der Waals surface area contributed by atoms with Crippen LogP contribution in [-0.2, 0) is 0 Å². The first kappa shape index (κ1) is 14.0. The molecule has 1 aromatic rings. The lowest BCUT2D eigenvalue weighted by molar-refractivity contribution is 0.0940. The van der Waals surface area contributed by atoms with Gasteiger partial charge < -0.3 is 15.2 Å². The fraction of sp³-hybridized carbons (Fsp3) is 0.769. The van der Waals surface area contributed by atoms with E-state index in [0.29, 0.717) is 18.5 Å². The molecule has 1 amide bonds. The topological polar surface area (TPSA) is 80.0 Å². The number of hydrogen-bond donors (Lipinski definition) is 2. The molecule has 1 aliphatic carbocycles. The lowest BCUT2D eigenvalue weighted by Gasteiger charge is -2.15. The highest BCUT2D eigenvalue weighted by Gasteiger charge is 2.13. The molecule has 6 heteroatoms. The molecule has 1 aliphatic rings. The molecule has 106 valence electrons. The van der Waals surface area contributed by atoms with Crippen LogP contribution in [0.3, 0.4) is 0 Å². The van der Waals surface area contributed by atoms with Gasteiger partial charge in [-0.1, -0.05) is 30.8 Å². The second-order valence-corrected chi connectivity index (χ2v) is 5.04. The molecule has 1 fully saturated rings. The number of rotatable bonds is 5. The standard InChI is InChI=1S/C13H22N4O2/c1-10-16-12(17-19-10)13(18)15-9-8-14-11-6-4-2-3-5-7-11/h11,14H,2-9H2,1H3,(H,15,18). The Labute approximate surface area is 113 Å². The first-order valence-electron chi connectivity index (χ1n) is 7.07. The van der Waals surface area contributed by atoms with Crippen LogP contribution in [-0.4, -0.2) is 35.2 Å². The summed E-state index contributed by atoms with van der Waals surface area (Å²) in [5, 5.41) is 9.85. The van der Waals surface area contributed by atoms with Crippen molar-refractivity contribution in [3.63, 3.8) is 0 Å². The lowest BCUT2D eigenvalue weighted by Crippen LogP contribution is -2.37. The van der Waals surface area contributed by atoms with Crippen LogP contribution in [0.25, 0.3) is 0 Å². The molecule has 0 atom stereocenters. The van der Waals surface area contributed by atoms with E-state index in [-0.39, 0.29) is 11.7 Å². The van der Waals surface area contributed by atoms with E-state index in [1.807, 2.05) is 0 Å². The number of aromatic nitrogens is 2. The van der Waals surface area contributed by atoms with Gasteiger partial charge in [-0.25, -0.2) is 0 Å². The Morgan fingerprint density at radius 3 is 2.63 bits per heavy atom. The van der Waals surface area contributed by atoms with Gasteiger partial charge >= 0.3 is 0 Å². The summed E-state index contributed by atoms with van der Waals surface area (Å²) in [6.07, 6.45) is 7.83. The summed E-state index contributed by atoms with van der Waals surface area (Å²) in [5.74, 6) is 0.230. The first-order chi connectivity index (χ1) is 9.25. The van der Waals surface area contributed by atoms with Gasteiger partial charge in [0.25, 0.3) is 11.7 Å². The number of amides is 1. The summed E-state index contributed by atoms with van der Waals surface area (Å²) >= 11 is 0. The molecular formula is C13H22N4O2. The molecule has 1 heterocycles. The number of hydrogen-bond acceptors (Lipinski definition) is 5. The first-order valence-corrected chi connectivity index (χ1v) is 7.07. The van der Waals surface area contributed by atoms with Crippen molar-refractivity contribution < 1.29 is 9.32 Å². The zero-order chi connectivity index (χ0) is 13.5. The van der Waals surface area contributed by atoms with Gasteiger partial charge in [-0.2, -0.15) is 4.98 Å². The molecule has 1 saturated carbocycles. The van der Waals surface area contributed by atoms with Crippen LogP contribution in [0.5, 0.6) is 0 Å². The van der Waals surface area contributed by atoms with Gasteiger partial charge in [-0.15, -0.1) is 0 Å². The van der Waals surface area contributed by atoms with Crippen LogP contribution >= 0.6 is 0 Å². The van der Waals surface area contributed by atoms with Crippen molar-refractivity contribution in [2.75, 3.05) is 13.1 Å². The van der Waals surface area contributed by atoms with E-state index < -0.39 is 0 Å². The van der Waals surface area contributed by atoms with Crippen molar-refractivity contribution >= 4 is 5.91 Å². The van der Waals surface area contributed by atoms with E-state index in [1.165, 1.54) is 38.5 Å². The summed E-state index contributed by atoms with van der Waals surface area (Å²) in [7, 11) is 0. The maximum Gasteiger partial charge on any atom is 0.292 e. The molecule has 0 bridgehead atoms. The number of carbonyl (C=O) groups excluding carboxylic acids is 1. The van der Waals surface area contributed by atoms with Gasteiger partial charge in [0.05, 0.1) is 0 Å². The van der Waals surface area contributed by atoms with Crippen molar-refractivity contribution in [3.8, 4) is 0 Å². The van der Waals surface area contributed by atoms with Gasteiger partial charge in [-0.3, -0.25) is 4.79 Å². The van der Waals surface area contributed by atoms with E-state index in [4.69, 9.17) is 4.52 Å². The van der Waals surface area contributed by atoms with Crippen LogP contribution in [0, 0.1) is 6.92 Å². The summed E-state index contributed by atoms with van der Waals surface area (Å²) in [5.41, 5.74) is 0. The Morgan fingerprint density at radius 2 is 2.00 bits per heavy atom. The van der Waals surface area contributed by atoms with Crippen molar-refractivity contribution in [2.45, 2.75) is 51.5 Å². The third-order valence-electron chi connectivity index (χ3n) is 3.43. The average Bonchev–Trinajstić information content (AvgIpc) is 2.68. The highest BCUT2D eigenvalue weighted by atomic mass is 16.5. The lowest BCUT2D eigenvalue weighted by atomic mass is 10.1. The Hall–Kier alpha value is -1.43. The highest BCUT2D eigenvalue weighted by Crippen LogP contribution is 2.16. The van der Waals surface area contributed by atoms with Crippen LogP contribution in [0.2, 0.25) is 0 Å². The van der Waals surface area contributed by atoms with Gasteiger partial charge in [0.2, 0.25) is 5.89 Å². The molecule has 0 aromatic carbocycles. The van der Waals surface area contributed by atoms with Crippen LogP contribution < -0.4 is 10.6 Å². The van der Waals surface area contributed by atoms with Crippen molar-refractivity contribution in [3.05, 3.63) is 11.7 Å². The van der Waals surface area contributed by atoms with E-state index >= 15 is 0 Å². The molecule has 2 rings (SSSR count). The normalized spacial score (nSPS) is 17.1. The Kier molecular flexibility index (Phi) is 5.32. The maximum atomic E-state index is 11.6. The van der Waals surface area contributed by atoms with E-state index in [9.17, 15) is 4.79 Å². The summed E-state index contributed by atoms with van der Waals surface area (Å²) in [6.45, 7) is 3.04. The van der Waals surface area contributed by atoms with Gasteiger partial charge in [-0.05, 0) is 12.8 Å². The van der Waals surface area contributed by atoms with Crippen LogP contribution in [0.4, 0.5) is 0 Å². The fourth-order valence-electron chi connectivity index (χ4n) is 2.41. The zero-order valence-electron chi connectivity index (χ0n) is 11.4. The number of aryl methyl sites for hydroxylation is 1. The largest absolute Gasteiger partial charge is 0.348 e. The molecule has 0 unspecified atom stereocenters. The number of nitrogens with zero attached hydrogens (tertiary/aromatic N) is 2. The molecule has 0 spiro atoms. The summed E-state index contributed by atoms with van der Waals surface area (Å²) in [4.78, 5) is 15.5. The van der Waals surface area contributed by atoms with Crippen molar-refractivity contribution in [1.82, 2.24) is 20.8 Å². The molecule has 2 N–H and O–H groups in total.